The van der Waals surface area contributed by atoms with Gasteiger partial charge >= 0.3 is 0 Å². The molecule has 0 unspecified atom stereocenters. The van der Waals surface area contributed by atoms with E-state index in [-0.39, 0.29) is 4.90 Å². The minimum atomic E-state index is -3.69. The largest absolute Gasteiger partial charge is 0.360 e. The molecule has 0 heterocycles. The number of rotatable bonds is 3. The Bertz CT molecular complexity index is 581. The van der Waals surface area contributed by atoms with Gasteiger partial charge in [0.1, 0.15) is 0 Å². The number of benzene rings is 1. The highest BCUT2D eigenvalue weighted by molar-refractivity contribution is 7.89. The molecule has 7 heteroatoms. The van der Waals surface area contributed by atoms with E-state index in [1.165, 1.54) is 31.4 Å². The van der Waals surface area contributed by atoms with Crippen LogP contribution in [-0.2, 0) is 10.0 Å². The van der Waals surface area contributed by atoms with Gasteiger partial charge in [0, 0.05) is 11.7 Å². The van der Waals surface area contributed by atoms with Crippen molar-refractivity contribution in [2.24, 2.45) is 5.14 Å². The van der Waals surface area contributed by atoms with Crippen LogP contribution in [0.25, 0.3) is 0 Å². The van der Waals surface area contributed by atoms with Gasteiger partial charge in [-0.1, -0.05) is 25.3 Å². The molecule has 5 nitrogen and oxygen atoms in total. The number of anilines is 1. The predicted octanol–water partition coefficient (Wildman–Crippen LogP) is 1.95. The van der Waals surface area contributed by atoms with Crippen molar-refractivity contribution >= 4 is 33.0 Å². The average Bonchev–Trinajstić information content (AvgIpc) is 2.39. The van der Waals surface area contributed by atoms with Crippen LogP contribution in [0.15, 0.2) is 29.2 Å². The molecule has 0 amide bonds. The van der Waals surface area contributed by atoms with Crippen LogP contribution in [0, 0.1) is 0 Å². The lowest BCUT2D eigenvalue weighted by molar-refractivity contribution is 0.415. The van der Waals surface area contributed by atoms with E-state index in [1.807, 2.05) is 0 Å². The summed E-state index contributed by atoms with van der Waals surface area (Å²) in [6.45, 7) is 0. The van der Waals surface area contributed by atoms with Crippen molar-refractivity contribution in [2.75, 3.05) is 5.32 Å². The number of sulfonamides is 1. The van der Waals surface area contributed by atoms with Gasteiger partial charge in [0.15, 0.2) is 5.11 Å². The van der Waals surface area contributed by atoms with Crippen molar-refractivity contribution in [1.29, 1.82) is 0 Å². The molecule has 1 aliphatic carbocycles. The quantitative estimate of drug-likeness (QED) is 0.743. The van der Waals surface area contributed by atoms with Crippen molar-refractivity contribution in [1.82, 2.24) is 5.32 Å². The van der Waals surface area contributed by atoms with Crippen molar-refractivity contribution in [3.05, 3.63) is 24.3 Å². The lowest BCUT2D eigenvalue weighted by Gasteiger charge is -2.24. The highest BCUT2D eigenvalue weighted by Gasteiger charge is 2.14. The van der Waals surface area contributed by atoms with E-state index in [1.54, 1.807) is 12.1 Å². The molecule has 0 bridgehead atoms. The highest BCUT2D eigenvalue weighted by Crippen LogP contribution is 2.18. The first kappa shape index (κ1) is 15.2. The SMILES string of the molecule is NS(=O)(=O)c1cccc(NC(=S)NC2CCCCC2)c1. The van der Waals surface area contributed by atoms with Gasteiger partial charge in [-0.3, -0.25) is 0 Å². The number of thiocarbonyl (C=S) groups is 1. The fourth-order valence-corrected chi connectivity index (χ4v) is 3.19. The summed E-state index contributed by atoms with van der Waals surface area (Å²) in [7, 11) is -3.69. The average molecular weight is 313 g/mol. The first-order valence-electron chi connectivity index (χ1n) is 6.65. The van der Waals surface area contributed by atoms with E-state index in [0.29, 0.717) is 16.8 Å². The Balaban J connectivity index is 1.97. The molecular formula is C13H19N3O2S2. The van der Waals surface area contributed by atoms with Crippen LogP contribution in [0.2, 0.25) is 0 Å². The van der Waals surface area contributed by atoms with Gasteiger partial charge in [0.25, 0.3) is 0 Å². The summed E-state index contributed by atoms with van der Waals surface area (Å²) in [4.78, 5) is 0.0722. The summed E-state index contributed by atoms with van der Waals surface area (Å²) < 4.78 is 22.6. The van der Waals surface area contributed by atoms with Crippen LogP contribution in [-0.4, -0.2) is 19.6 Å². The van der Waals surface area contributed by atoms with E-state index in [2.05, 4.69) is 10.6 Å². The Hall–Kier alpha value is -1.18. The van der Waals surface area contributed by atoms with Gasteiger partial charge in [-0.2, -0.15) is 0 Å². The number of nitrogens with two attached hydrogens (primary N) is 1. The molecule has 110 valence electrons. The third kappa shape index (κ3) is 4.43. The second-order valence-corrected chi connectivity index (χ2v) is 6.98. The van der Waals surface area contributed by atoms with Crippen LogP contribution < -0.4 is 15.8 Å². The molecule has 0 spiro atoms. The van der Waals surface area contributed by atoms with Gasteiger partial charge in [-0.05, 0) is 43.3 Å². The number of hydrogen-bond donors (Lipinski definition) is 3. The van der Waals surface area contributed by atoms with Crippen LogP contribution in [0.3, 0.4) is 0 Å². The van der Waals surface area contributed by atoms with Gasteiger partial charge in [0.05, 0.1) is 4.90 Å². The first-order valence-corrected chi connectivity index (χ1v) is 8.61. The maximum atomic E-state index is 11.3. The molecule has 1 aliphatic rings. The molecule has 0 aliphatic heterocycles. The topological polar surface area (TPSA) is 84.2 Å². The third-order valence-corrected chi connectivity index (χ3v) is 4.49. The fourth-order valence-electron chi connectivity index (χ4n) is 2.35. The zero-order valence-corrected chi connectivity index (χ0v) is 12.8. The van der Waals surface area contributed by atoms with E-state index in [4.69, 9.17) is 17.4 Å². The monoisotopic (exact) mass is 313 g/mol. The molecule has 20 heavy (non-hydrogen) atoms. The first-order chi connectivity index (χ1) is 9.45. The number of primary sulfonamides is 1. The van der Waals surface area contributed by atoms with Crippen molar-refractivity contribution in [3.63, 3.8) is 0 Å². The molecule has 1 aromatic carbocycles. The Morgan fingerprint density at radius 2 is 1.95 bits per heavy atom. The third-order valence-electron chi connectivity index (χ3n) is 3.36. The van der Waals surface area contributed by atoms with Crippen LogP contribution in [0.5, 0.6) is 0 Å². The Morgan fingerprint density at radius 1 is 1.25 bits per heavy atom. The molecule has 0 saturated heterocycles. The summed E-state index contributed by atoms with van der Waals surface area (Å²) in [6.07, 6.45) is 5.98. The molecule has 1 aromatic rings. The Morgan fingerprint density at radius 3 is 2.60 bits per heavy atom. The van der Waals surface area contributed by atoms with Crippen LogP contribution >= 0.6 is 12.2 Å². The normalized spacial score (nSPS) is 16.6. The standard InChI is InChI=1S/C13H19N3O2S2/c14-20(17,18)12-8-4-7-11(9-12)16-13(19)15-10-5-2-1-3-6-10/h4,7-10H,1-3,5-6H2,(H2,14,17,18)(H2,15,16,19). The van der Waals surface area contributed by atoms with Gasteiger partial charge in [-0.25, -0.2) is 13.6 Å². The predicted molar refractivity (Wildman–Crippen MR) is 84.0 cm³/mol. The minimum absolute atomic E-state index is 0.0722. The summed E-state index contributed by atoms with van der Waals surface area (Å²) in [5.41, 5.74) is 0.616. The number of nitrogens with one attached hydrogen (secondary N) is 2. The fraction of sp³-hybridized carbons (Fsp3) is 0.462. The Kier molecular flexibility index (Phi) is 4.95. The van der Waals surface area contributed by atoms with Crippen LogP contribution in [0.1, 0.15) is 32.1 Å². The van der Waals surface area contributed by atoms with Crippen LogP contribution in [0.4, 0.5) is 5.69 Å². The van der Waals surface area contributed by atoms with Crippen molar-refractivity contribution < 1.29 is 8.42 Å². The molecule has 0 radical (unpaired) electrons. The summed E-state index contributed by atoms with van der Waals surface area (Å²) in [5, 5.41) is 11.9. The van der Waals surface area contributed by atoms with E-state index in [9.17, 15) is 8.42 Å². The molecule has 2 rings (SSSR count). The van der Waals surface area contributed by atoms with Gasteiger partial charge in [0.2, 0.25) is 10.0 Å². The second kappa shape index (κ2) is 6.51. The molecule has 1 fully saturated rings. The lowest BCUT2D eigenvalue weighted by Crippen LogP contribution is -2.38. The molecule has 1 saturated carbocycles. The smallest absolute Gasteiger partial charge is 0.238 e. The maximum Gasteiger partial charge on any atom is 0.238 e. The summed E-state index contributed by atoms with van der Waals surface area (Å²) >= 11 is 5.25. The minimum Gasteiger partial charge on any atom is -0.360 e. The highest BCUT2D eigenvalue weighted by atomic mass is 32.2. The Labute approximate surface area is 125 Å². The van der Waals surface area contributed by atoms with Gasteiger partial charge < -0.3 is 10.6 Å². The molecule has 4 N–H and O–H groups in total. The zero-order valence-electron chi connectivity index (χ0n) is 11.1. The maximum absolute atomic E-state index is 11.3. The number of hydrogen-bond acceptors (Lipinski definition) is 3. The zero-order chi connectivity index (χ0) is 14.6. The van der Waals surface area contributed by atoms with E-state index in [0.717, 1.165) is 12.8 Å². The molecule has 0 atom stereocenters. The molecular weight excluding hydrogens is 294 g/mol. The second-order valence-electron chi connectivity index (χ2n) is 5.01. The lowest BCUT2D eigenvalue weighted by atomic mass is 9.96. The van der Waals surface area contributed by atoms with E-state index < -0.39 is 10.0 Å². The van der Waals surface area contributed by atoms with E-state index >= 15 is 0 Å². The van der Waals surface area contributed by atoms with Crippen molar-refractivity contribution in [2.45, 2.75) is 43.0 Å². The summed E-state index contributed by atoms with van der Waals surface area (Å²) in [6, 6.07) is 6.72. The molecule has 0 aromatic heterocycles. The summed E-state index contributed by atoms with van der Waals surface area (Å²) in [5.74, 6) is 0. The van der Waals surface area contributed by atoms with Gasteiger partial charge in [-0.15, -0.1) is 0 Å². The van der Waals surface area contributed by atoms with Crippen molar-refractivity contribution in [3.8, 4) is 0 Å².